The van der Waals surface area contributed by atoms with Gasteiger partial charge in [0, 0.05) is 7.05 Å². The van der Waals surface area contributed by atoms with Crippen LogP contribution in [0.4, 0.5) is 0 Å². The number of fused-ring (bicyclic) bond motifs is 1. The topological polar surface area (TPSA) is 72.4 Å². The normalized spacial score (nSPS) is 11.9. The molecular weight excluding hydrogens is 354 g/mol. The summed E-state index contributed by atoms with van der Waals surface area (Å²) in [7, 11) is 1.70. The van der Waals surface area contributed by atoms with Gasteiger partial charge < -0.3 is 9.64 Å². The van der Waals surface area contributed by atoms with Crippen molar-refractivity contribution in [2.45, 2.75) is 26.8 Å². The van der Waals surface area contributed by atoms with E-state index < -0.39 is 5.97 Å². The van der Waals surface area contributed by atoms with Gasteiger partial charge in [0.15, 0.2) is 6.61 Å². The SMILES string of the molecule is Cc1nc2ccc(C(=O)OCC(=O)N(C)[C@@H](C)c3ccccc3)cc2nc1C. The number of rotatable bonds is 5. The highest BCUT2D eigenvalue weighted by Crippen LogP contribution is 2.19. The first-order valence-corrected chi connectivity index (χ1v) is 9.09. The average Bonchev–Trinajstić information content (AvgIpc) is 2.71. The van der Waals surface area contributed by atoms with Crippen LogP contribution in [0.15, 0.2) is 48.5 Å². The van der Waals surface area contributed by atoms with Crippen molar-refractivity contribution in [1.29, 1.82) is 0 Å². The lowest BCUT2D eigenvalue weighted by Gasteiger charge is -2.25. The zero-order valence-electron chi connectivity index (χ0n) is 16.5. The molecule has 0 N–H and O–H groups in total. The number of carbonyl (C=O) groups is 2. The van der Waals surface area contributed by atoms with Crippen LogP contribution in [-0.4, -0.2) is 40.4 Å². The number of esters is 1. The first kappa shape index (κ1) is 19.5. The Morgan fingerprint density at radius 1 is 1.00 bits per heavy atom. The zero-order valence-corrected chi connectivity index (χ0v) is 16.5. The average molecular weight is 377 g/mol. The Bertz CT molecular complexity index is 1020. The maximum Gasteiger partial charge on any atom is 0.338 e. The van der Waals surface area contributed by atoms with Crippen LogP contribution in [0.25, 0.3) is 11.0 Å². The summed E-state index contributed by atoms with van der Waals surface area (Å²) in [4.78, 5) is 35.2. The molecule has 1 heterocycles. The highest BCUT2D eigenvalue weighted by atomic mass is 16.5. The first-order chi connectivity index (χ1) is 13.4. The van der Waals surface area contributed by atoms with Gasteiger partial charge in [-0.1, -0.05) is 30.3 Å². The van der Waals surface area contributed by atoms with Gasteiger partial charge in [-0.3, -0.25) is 4.79 Å². The zero-order chi connectivity index (χ0) is 20.3. The standard InChI is InChI=1S/C22H23N3O3/c1-14-15(2)24-20-12-18(10-11-19(20)23-14)22(27)28-13-21(26)25(4)16(3)17-8-6-5-7-9-17/h5-12,16H,13H2,1-4H3/t16-/m0/s1. The summed E-state index contributed by atoms with van der Waals surface area (Å²) in [5.74, 6) is -0.826. The molecule has 2 aromatic carbocycles. The lowest BCUT2D eigenvalue weighted by Crippen LogP contribution is -2.33. The van der Waals surface area contributed by atoms with Crippen molar-refractivity contribution in [2.75, 3.05) is 13.7 Å². The van der Waals surface area contributed by atoms with Crippen LogP contribution in [0.5, 0.6) is 0 Å². The van der Waals surface area contributed by atoms with Crippen molar-refractivity contribution < 1.29 is 14.3 Å². The van der Waals surface area contributed by atoms with Crippen LogP contribution in [0.2, 0.25) is 0 Å². The minimum absolute atomic E-state index is 0.116. The molecule has 0 bridgehead atoms. The number of ether oxygens (including phenoxy) is 1. The van der Waals surface area contributed by atoms with Gasteiger partial charge >= 0.3 is 5.97 Å². The molecule has 28 heavy (non-hydrogen) atoms. The molecule has 0 aliphatic carbocycles. The Hall–Kier alpha value is -3.28. The minimum atomic E-state index is -0.559. The van der Waals surface area contributed by atoms with Gasteiger partial charge in [-0.2, -0.15) is 0 Å². The molecule has 144 valence electrons. The van der Waals surface area contributed by atoms with Crippen LogP contribution in [0, 0.1) is 13.8 Å². The van der Waals surface area contributed by atoms with E-state index in [4.69, 9.17) is 4.74 Å². The number of likely N-dealkylation sites (N-methyl/N-ethyl adjacent to an activating group) is 1. The van der Waals surface area contributed by atoms with Crippen LogP contribution in [0.1, 0.15) is 40.3 Å². The molecule has 0 aliphatic rings. The van der Waals surface area contributed by atoms with E-state index in [-0.39, 0.29) is 18.6 Å². The van der Waals surface area contributed by atoms with Gasteiger partial charge in [-0.05, 0) is 44.5 Å². The molecule has 1 aromatic heterocycles. The number of amides is 1. The van der Waals surface area contributed by atoms with E-state index in [2.05, 4.69) is 9.97 Å². The molecule has 3 aromatic rings. The number of aryl methyl sites for hydroxylation is 2. The van der Waals surface area contributed by atoms with Gasteiger partial charge in [-0.15, -0.1) is 0 Å². The molecule has 0 fully saturated rings. The second-order valence-electron chi connectivity index (χ2n) is 6.77. The quantitative estimate of drug-likeness (QED) is 0.635. The van der Waals surface area contributed by atoms with Crippen molar-refractivity contribution in [2.24, 2.45) is 0 Å². The third-order valence-electron chi connectivity index (χ3n) is 4.89. The smallest absolute Gasteiger partial charge is 0.338 e. The first-order valence-electron chi connectivity index (χ1n) is 9.09. The number of hydrogen-bond donors (Lipinski definition) is 0. The fraction of sp³-hybridized carbons (Fsp3) is 0.273. The molecule has 3 rings (SSSR count). The molecule has 0 aliphatic heterocycles. The number of nitrogens with zero attached hydrogens (tertiary/aromatic N) is 3. The van der Waals surface area contributed by atoms with E-state index in [1.54, 1.807) is 30.1 Å². The third kappa shape index (κ3) is 4.17. The summed E-state index contributed by atoms with van der Waals surface area (Å²) in [6.45, 7) is 5.38. The fourth-order valence-corrected chi connectivity index (χ4v) is 2.84. The van der Waals surface area contributed by atoms with E-state index >= 15 is 0 Å². The number of carbonyl (C=O) groups excluding carboxylic acids is 2. The van der Waals surface area contributed by atoms with Crippen molar-refractivity contribution >= 4 is 22.9 Å². The summed E-state index contributed by atoms with van der Waals surface area (Å²) in [6, 6.07) is 14.6. The monoisotopic (exact) mass is 377 g/mol. The second kappa shape index (κ2) is 8.17. The molecule has 6 heteroatoms. The summed E-state index contributed by atoms with van der Waals surface area (Å²) in [5, 5.41) is 0. The third-order valence-corrected chi connectivity index (χ3v) is 4.89. The molecule has 1 atom stereocenters. The molecule has 0 spiro atoms. The Labute approximate surface area is 164 Å². The minimum Gasteiger partial charge on any atom is -0.452 e. The van der Waals surface area contributed by atoms with Crippen LogP contribution in [-0.2, 0) is 9.53 Å². The molecule has 0 saturated carbocycles. The van der Waals surface area contributed by atoms with E-state index in [9.17, 15) is 9.59 Å². The van der Waals surface area contributed by atoms with Crippen molar-refractivity contribution in [3.63, 3.8) is 0 Å². The van der Waals surface area contributed by atoms with Gasteiger partial charge in [0.25, 0.3) is 5.91 Å². The molecular formula is C22H23N3O3. The number of benzene rings is 2. The summed E-state index contributed by atoms with van der Waals surface area (Å²) in [6.07, 6.45) is 0. The van der Waals surface area contributed by atoms with E-state index in [1.807, 2.05) is 51.1 Å². The van der Waals surface area contributed by atoms with Crippen molar-refractivity contribution in [3.05, 3.63) is 71.0 Å². The number of hydrogen-bond acceptors (Lipinski definition) is 5. The molecule has 0 unspecified atom stereocenters. The van der Waals surface area contributed by atoms with E-state index in [1.165, 1.54) is 0 Å². The lowest BCUT2D eigenvalue weighted by atomic mass is 10.1. The lowest BCUT2D eigenvalue weighted by molar-refractivity contribution is -0.135. The predicted molar refractivity (Wildman–Crippen MR) is 107 cm³/mol. The summed E-state index contributed by atoms with van der Waals surface area (Å²) in [5.41, 5.74) is 4.36. The Kier molecular flexibility index (Phi) is 5.68. The fourth-order valence-electron chi connectivity index (χ4n) is 2.84. The molecule has 1 amide bonds. The van der Waals surface area contributed by atoms with Crippen molar-refractivity contribution in [1.82, 2.24) is 14.9 Å². The Balaban J connectivity index is 1.65. The predicted octanol–water partition coefficient (Wildman–Crippen LogP) is 3.62. The van der Waals surface area contributed by atoms with Crippen LogP contribution >= 0.6 is 0 Å². The van der Waals surface area contributed by atoms with Gasteiger partial charge in [-0.25, -0.2) is 14.8 Å². The number of aromatic nitrogens is 2. The molecule has 0 radical (unpaired) electrons. The largest absolute Gasteiger partial charge is 0.452 e. The summed E-state index contributed by atoms with van der Waals surface area (Å²) < 4.78 is 5.22. The van der Waals surface area contributed by atoms with Gasteiger partial charge in [0.1, 0.15) is 0 Å². The highest BCUT2D eigenvalue weighted by Gasteiger charge is 2.19. The van der Waals surface area contributed by atoms with Gasteiger partial charge in [0.05, 0.1) is 34.0 Å². The second-order valence-corrected chi connectivity index (χ2v) is 6.77. The Morgan fingerprint density at radius 2 is 1.64 bits per heavy atom. The Morgan fingerprint density at radius 3 is 2.32 bits per heavy atom. The highest BCUT2D eigenvalue weighted by molar-refractivity contribution is 5.94. The van der Waals surface area contributed by atoms with Crippen LogP contribution < -0.4 is 0 Å². The van der Waals surface area contributed by atoms with Crippen molar-refractivity contribution in [3.8, 4) is 0 Å². The van der Waals surface area contributed by atoms with Crippen LogP contribution in [0.3, 0.4) is 0 Å². The molecule has 0 saturated heterocycles. The van der Waals surface area contributed by atoms with E-state index in [0.717, 1.165) is 17.0 Å². The van der Waals surface area contributed by atoms with E-state index in [0.29, 0.717) is 16.6 Å². The summed E-state index contributed by atoms with van der Waals surface area (Å²) >= 11 is 0. The molecule has 6 nitrogen and oxygen atoms in total. The maximum absolute atomic E-state index is 12.4. The maximum atomic E-state index is 12.4. The van der Waals surface area contributed by atoms with Gasteiger partial charge in [0.2, 0.25) is 0 Å².